The van der Waals surface area contributed by atoms with Gasteiger partial charge in [-0.2, -0.15) is 0 Å². The van der Waals surface area contributed by atoms with E-state index >= 15 is 0 Å². The van der Waals surface area contributed by atoms with Crippen LogP contribution in [-0.4, -0.2) is 4.98 Å². The van der Waals surface area contributed by atoms with Crippen LogP contribution in [0.5, 0.6) is 0 Å². The minimum absolute atomic E-state index is 0.482. The summed E-state index contributed by atoms with van der Waals surface area (Å²) in [5, 5.41) is 0. The van der Waals surface area contributed by atoms with Gasteiger partial charge in [-0.1, -0.05) is 74.5 Å². The van der Waals surface area contributed by atoms with Gasteiger partial charge in [0.15, 0.2) is 0 Å². The molecule has 0 atom stereocenters. The number of hydrogen-bond donors (Lipinski definition) is 0. The molecule has 0 bridgehead atoms. The molecular formula is C21H21N. The molecule has 0 fully saturated rings. The van der Waals surface area contributed by atoms with Crippen LogP contribution in [0.2, 0.25) is 0 Å². The number of benzene rings is 2. The van der Waals surface area contributed by atoms with Crippen LogP contribution in [0.3, 0.4) is 0 Å². The lowest BCUT2D eigenvalue weighted by Crippen LogP contribution is -2.00. The summed E-state index contributed by atoms with van der Waals surface area (Å²) in [7, 11) is 0. The van der Waals surface area contributed by atoms with Crippen LogP contribution in [0.25, 0.3) is 11.3 Å². The monoisotopic (exact) mass is 287 g/mol. The Morgan fingerprint density at radius 3 is 2.14 bits per heavy atom. The van der Waals surface area contributed by atoms with E-state index < -0.39 is 0 Å². The van der Waals surface area contributed by atoms with E-state index in [4.69, 9.17) is 0 Å². The second-order valence-corrected chi connectivity index (χ2v) is 5.95. The fourth-order valence-electron chi connectivity index (χ4n) is 2.76. The SMILES string of the molecule is CC(C)c1cnc(-c2ccccc2)cc1Cc1ccccc1. The van der Waals surface area contributed by atoms with Crippen molar-refractivity contribution in [1.82, 2.24) is 4.98 Å². The van der Waals surface area contributed by atoms with Gasteiger partial charge in [0.25, 0.3) is 0 Å². The van der Waals surface area contributed by atoms with Gasteiger partial charge >= 0.3 is 0 Å². The number of nitrogens with zero attached hydrogens (tertiary/aromatic N) is 1. The zero-order valence-corrected chi connectivity index (χ0v) is 13.2. The van der Waals surface area contributed by atoms with Gasteiger partial charge in [0.2, 0.25) is 0 Å². The fourth-order valence-corrected chi connectivity index (χ4v) is 2.76. The van der Waals surface area contributed by atoms with E-state index in [0.717, 1.165) is 12.1 Å². The van der Waals surface area contributed by atoms with Gasteiger partial charge in [-0.25, -0.2) is 0 Å². The number of rotatable bonds is 4. The van der Waals surface area contributed by atoms with Crippen LogP contribution in [0, 0.1) is 0 Å². The molecule has 0 unspecified atom stereocenters. The Morgan fingerprint density at radius 2 is 1.50 bits per heavy atom. The third kappa shape index (κ3) is 3.25. The first-order valence-corrected chi connectivity index (χ1v) is 7.82. The minimum Gasteiger partial charge on any atom is -0.256 e. The highest BCUT2D eigenvalue weighted by Gasteiger charge is 2.10. The summed E-state index contributed by atoms with van der Waals surface area (Å²) in [6, 6.07) is 23.3. The first-order chi connectivity index (χ1) is 10.7. The average Bonchev–Trinajstić information content (AvgIpc) is 2.56. The second kappa shape index (κ2) is 6.57. The van der Waals surface area contributed by atoms with Crippen molar-refractivity contribution in [3.8, 4) is 11.3 Å². The van der Waals surface area contributed by atoms with Gasteiger partial charge in [0, 0.05) is 11.8 Å². The minimum atomic E-state index is 0.482. The summed E-state index contributed by atoms with van der Waals surface area (Å²) < 4.78 is 0. The predicted octanol–water partition coefficient (Wildman–Crippen LogP) is 5.46. The molecule has 1 heteroatoms. The first kappa shape index (κ1) is 14.5. The van der Waals surface area contributed by atoms with E-state index in [1.165, 1.54) is 22.3 Å². The molecular weight excluding hydrogens is 266 g/mol. The van der Waals surface area contributed by atoms with E-state index in [2.05, 4.69) is 79.5 Å². The van der Waals surface area contributed by atoms with Crippen molar-refractivity contribution >= 4 is 0 Å². The van der Waals surface area contributed by atoms with E-state index in [1.54, 1.807) is 0 Å². The van der Waals surface area contributed by atoms with E-state index in [9.17, 15) is 0 Å². The van der Waals surface area contributed by atoms with Crippen molar-refractivity contribution in [1.29, 1.82) is 0 Å². The smallest absolute Gasteiger partial charge is 0.0705 e. The van der Waals surface area contributed by atoms with Crippen LogP contribution < -0.4 is 0 Å². The molecule has 3 rings (SSSR count). The van der Waals surface area contributed by atoms with Gasteiger partial charge in [-0.05, 0) is 35.1 Å². The maximum absolute atomic E-state index is 4.67. The maximum Gasteiger partial charge on any atom is 0.0705 e. The Labute approximate surface area is 132 Å². The zero-order valence-electron chi connectivity index (χ0n) is 13.2. The molecule has 1 heterocycles. The molecule has 0 spiro atoms. The topological polar surface area (TPSA) is 12.9 Å². The molecule has 1 aromatic heterocycles. The average molecular weight is 287 g/mol. The Bertz CT molecular complexity index is 730. The Morgan fingerprint density at radius 1 is 0.864 bits per heavy atom. The highest BCUT2D eigenvalue weighted by molar-refractivity contribution is 5.60. The van der Waals surface area contributed by atoms with Crippen molar-refractivity contribution in [2.45, 2.75) is 26.2 Å². The Balaban J connectivity index is 2.01. The van der Waals surface area contributed by atoms with Gasteiger partial charge in [0.05, 0.1) is 5.69 Å². The molecule has 0 saturated carbocycles. The van der Waals surface area contributed by atoms with Crippen LogP contribution >= 0.6 is 0 Å². The Hall–Kier alpha value is -2.41. The summed E-state index contributed by atoms with van der Waals surface area (Å²) in [4.78, 5) is 4.67. The molecule has 0 radical (unpaired) electrons. The van der Waals surface area contributed by atoms with Gasteiger partial charge < -0.3 is 0 Å². The van der Waals surface area contributed by atoms with Crippen LogP contribution in [0.1, 0.15) is 36.5 Å². The quantitative estimate of drug-likeness (QED) is 0.620. The highest BCUT2D eigenvalue weighted by atomic mass is 14.7. The van der Waals surface area contributed by atoms with Crippen LogP contribution in [0.4, 0.5) is 0 Å². The third-order valence-corrected chi connectivity index (χ3v) is 3.95. The lowest BCUT2D eigenvalue weighted by atomic mass is 9.93. The number of pyridine rings is 1. The second-order valence-electron chi connectivity index (χ2n) is 5.95. The van der Waals surface area contributed by atoms with E-state index in [0.29, 0.717) is 5.92 Å². The summed E-state index contributed by atoms with van der Waals surface area (Å²) in [5.41, 5.74) is 6.27. The number of aromatic nitrogens is 1. The molecule has 0 aliphatic carbocycles. The van der Waals surface area contributed by atoms with Crippen LogP contribution in [-0.2, 0) is 6.42 Å². The van der Waals surface area contributed by atoms with Gasteiger partial charge in [-0.15, -0.1) is 0 Å². The first-order valence-electron chi connectivity index (χ1n) is 7.82. The lowest BCUT2D eigenvalue weighted by molar-refractivity contribution is 0.840. The van der Waals surface area contributed by atoms with Crippen molar-refractivity contribution in [3.05, 3.63) is 89.6 Å². The molecule has 0 saturated heterocycles. The fraction of sp³-hybridized carbons (Fsp3) is 0.190. The molecule has 0 N–H and O–H groups in total. The largest absolute Gasteiger partial charge is 0.256 e. The molecule has 2 aromatic carbocycles. The molecule has 0 aliphatic heterocycles. The van der Waals surface area contributed by atoms with Crippen molar-refractivity contribution < 1.29 is 0 Å². The van der Waals surface area contributed by atoms with Gasteiger partial charge in [0.1, 0.15) is 0 Å². The molecule has 0 amide bonds. The van der Waals surface area contributed by atoms with Crippen molar-refractivity contribution in [2.75, 3.05) is 0 Å². The molecule has 1 nitrogen and oxygen atoms in total. The van der Waals surface area contributed by atoms with E-state index in [1.807, 2.05) is 12.3 Å². The van der Waals surface area contributed by atoms with E-state index in [-0.39, 0.29) is 0 Å². The number of hydrogen-bond acceptors (Lipinski definition) is 1. The molecule has 22 heavy (non-hydrogen) atoms. The highest BCUT2D eigenvalue weighted by Crippen LogP contribution is 2.26. The molecule has 110 valence electrons. The molecule has 3 aromatic rings. The third-order valence-electron chi connectivity index (χ3n) is 3.95. The summed E-state index contributed by atoms with van der Waals surface area (Å²) in [6.07, 6.45) is 3.00. The zero-order chi connectivity index (χ0) is 15.4. The van der Waals surface area contributed by atoms with Crippen molar-refractivity contribution in [3.63, 3.8) is 0 Å². The van der Waals surface area contributed by atoms with Crippen molar-refractivity contribution in [2.24, 2.45) is 0 Å². The standard InChI is InChI=1S/C21H21N/c1-16(2)20-15-22-21(18-11-7-4-8-12-18)14-19(20)13-17-9-5-3-6-10-17/h3-12,14-16H,13H2,1-2H3. The normalized spacial score (nSPS) is 10.9. The predicted molar refractivity (Wildman–Crippen MR) is 93.0 cm³/mol. The summed E-state index contributed by atoms with van der Waals surface area (Å²) in [6.45, 7) is 4.46. The molecule has 0 aliphatic rings. The summed E-state index contributed by atoms with van der Waals surface area (Å²) in [5.74, 6) is 0.482. The van der Waals surface area contributed by atoms with Crippen LogP contribution in [0.15, 0.2) is 72.9 Å². The van der Waals surface area contributed by atoms with Gasteiger partial charge in [-0.3, -0.25) is 4.98 Å². The summed E-state index contributed by atoms with van der Waals surface area (Å²) >= 11 is 0. The lowest BCUT2D eigenvalue weighted by Gasteiger charge is -2.14. The Kier molecular flexibility index (Phi) is 4.34. The maximum atomic E-state index is 4.67.